The number of aromatic nitrogens is 1. The smallest absolute Gasteiger partial charge is 0.0954 e. The fourth-order valence-electron chi connectivity index (χ4n) is 1.42. The van der Waals surface area contributed by atoms with Crippen molar-refractivity contribution in [2.24, 2.45) is 0 Å². The number of hydrogen-bond donors (Lipinski definition) is 2. The minimum Gasteiger partial charge on any atom is -0.398 e. The van der Waals surface area contributed by atoms with Gasteiger partial charge in [0, 0.05) is 28.8 Å². The van der Waals surface area contributed by atoms with Crippen LogP contribution in [0, 0.1) is 0 Å². The number of nitrogen functional groups attached to an aromatic ring is 1. The molecule has 0 fully saturated rings. The predicted octanol–water partition coefficient (Wildman–Crippen LogP) is 2.62. The van der Waals surface area contributed by atoms with Gasteiger partial charge in [0.2, 0.25) is 0 Å². The lowest BCUT2D eigenvalue weighted by molar-refractivity contribution is 1.38. The number of rotatable bonds is 1. The number of nitrogens with two attached hydrogens (primary N) is 1. The van der Waals surface area contributed by atoms with E-state index in [1.54, 1.807) is 6.20 Å². The summed E-state index contributed by atoms with van der Waals surface area (Å²) in [7, 11) is 1.87. The van der Waals surface area contributed by atoms with Gasteiger partial charge in [0.05, 0.1) is 11.2 Å². The van der Waals surface area contributed by atoms with Crippen LogP contribution in [0.2, 0.25) is 0 Å². The van der Waals surface area contributed by atoms with Crippen molar-refractivity contribution in [3.63, 3.8) is 0 Å². The van der Waals surface area contributed by atoms with Crippen LogP contribution >= 0.6 is 15.9 Å². The van der Waals surface area contributed by atoms with Gasteiger partial charge in [-0.3, -0.25) is 4.98 Å². The molecule has 0 bridgehead atoms. The van der Waals surface area contributed by atoms with E-state index in [9.17, 15) is 0 Å². The molecule has 0 amide bonds. The van der Waals surface area contributed by atoms with Gasteiger partial charge in [-0.2, -0.15) is 0 Å². The lowest BCUT2D eigenvalue weighted by Gasteiger charge is -2.07. The second-order valence-corrected chi connectivity index (χ2v) is 3.92. The highest BCUT2D eigenvalue weighted by Crippen LogP contribution is 2.28. The molecular weight excluding hydrogens is 242 g/mol. The van der Waals surface area contributed by atoms with Crippen molar-refractivity contribution in [1.29, 1.82) is 0 Å². The summed E-state index contributed by atoms with van der Waals surface area (Å²) in [5.41, 5.74) is 8.49. The summed E-state index contributed by atoms with van der Waals surface area (Å²) in [6.45, 7) is 0. The highest BCUT2D eigenvalue weighted by molar-refractivity contribution is 9.10. The Morgan fingerprint density at radius 1 is 1.43 bits per heavy atom. The van der Waals surface area contributed by atoms with Gasteiger partial charge in [0.1, 0.15) is 0 Å². The third-order valence-electron chi connectivity index (χ3n) is 2.12. The third-order valence-corrected chi connectivity index (χ3v) is 2.55. The Morgan fingerprint density at radius 2 is 2.21 bits per heavy atom. The van der Waals surface area contributed by atoms with Gasteiger partial charge in [-0.1, -0.05) is 0 Å². The molecule has 2 rings (SSSR count). The number of benzene rings is 1. The van der Waals surface area contributed by atoms with Crippen LogP contribution in [0.25, 0.3) is 10.9 Å². The Hall–Kier alpha value is -1.29. The van der Waals surface area contributed by atoms with Crippen LogP contribution in [0.5, 0.6) is 0 Å². The van der Waals surface area contributed by atoms with E-state index in [1.807, 2.05) is 25.2 Å². The minimum absolute atomic E-state index is 0.743. The summed E-state index contributed by atoms with van der Waals surface area (Å²) >= 11 is 3.37. The second-order valence-electron chi connectivity index (χ2n) is 3.00. The quantitative estimate of drug-likeness (QED) is 0.767. The minimum atomic E-state index is 0.743. The molecule has 2 aromatic rings. The van der Waals surface area contributed by atoms with Crippen molar-refractivity contribution < 1.29 is 0 Å². The van der Waals surface area contributed by atoms with Gasteiger partial charge < -0.3 is 11.1 Å². The molecule has 14 heavy (non-hydrogen) atoms. The van der Waals surface area contributed by atoms with E-state index in [2.05, 4.69) is 26.2 Å². The molecule has 1 aromatic carbocycles. The SMILES string of the molecule is CNc1ccc(N)c2cc(Br)cnc12. The molecule has 3 N–H and O–H groups in total. The standard InChI is InChI=1S/C10H10BrN3/c1-13-9-3-2-8(12)7-4-6(11)5-14-10(7)9/h2-5,13H,12H2,1H3. The molecular formula is C10H10BrN3. The fraction of sp³-hybridized carbons (Fsp3) is 0.100. The zero-order valence-electron chi connectivity index (χ0n) is 7.71. The third kappa shape index (κ3) is 1.42. The van der Waals surface area contributed by atoms with Gasteiger partial charge in [0.15, 0.2) is 0 Å². The lowest BCUT2D eigenvalue weighted by Crippen LogP contribution is -1.94. The number of halogens is 1. The number of pyridine rings is 1. The fourth-order valence-corrected chi connectivity index (χ4v) is 1.75. The molecule has 0 unspecified atom stereocenters. The van der Waals surface area contributed by atoms with Crippen LogP contribution in [0.15, 0.2) is 28.9 Å². The van der Waals surface area contributed by atoms with E-state index in [0.717, 1.165) is 26.8 Å². The van der Waals surface area contributed by atoms with E-state index in [0.29, 0.717) is 0 Å². The van der Waals surface area contributed by atoms with Crippen molar-refractivity contribution >= 4 is 38.2 Å². The maximum atomic E-state index is 5.86. The molecule has 1 heterocycles. The summed E-state index contributed by atoms with van der Waals surface area (Å²) in [6.07, 6.45) is 1.77. The number of fused-ring (bicyclic) bond motifs is 1. The highest BCUT2D eigenvalue weighted by Gasteiger charge is 2.04. The zero-order chi connectivity index (χ0) is 10.1. The molecule has 0 aliphatic carbocycles. The van der Waals surface area contributed by atoms with E-state index < -0.39 is 0 Å². The first-order chi connectivity index (χ1) is 6.72. The number of anilines is 2. The monoisotopic (exact) mass is 251 g/mol. The molecule has 0 radical (unpaired) electrons. The highest BCUT2D eigenvalue weighted by atomic mass is 79.9. The summed E-state index contributed by atoms with van der Waals surface area (Å²) in [6, 6.07) is 5.78. The predicted molar refractivity (Wildman–Crippen MR) is 63.4 cm³/mol. The van der Waals surface area contributed by atoms with E-state index in [1.165, 1.54) is 0 Å². The lowest BCUT2D eigenvalue weighted by atomic mass is 10.1. The van der Waals surface area contributed by atoms with Gasteiger partial charge in [-0.25, -0.2) is 0 Å². The topological polar surface area (TPSA) is 50.9 Å². The van der Waals surface area contributed by atoms with Crippen molar-refractivity contribution in [2.75, 3.05) is 18.1 Å². The number of hydrogen-bond acceptors (Lipinski definition) is 3. The van der Waals surface area contributed by atoms with Crippen LogP contribution in [-0.2, 0) is 0 Å². The first kappa shape index (κ1) is 9.27. The Labute approximate surface area is 90.5 Å². The molecule has 0 saturated heterocycles. The molecule has 0 atom stereocenters. The summed E-state index contributed by atoms with van der Waals surface area (Å²) in [4.78, 5) is 4.32. The van der Waals surface area contributed by atoms with Crippen molar-refractivity contribution in [3.05, 3.63) is 28.9 Å². The number of nitrogens with zero attached hydrogens (tertiary/aromatic N) is 1. The second kappa shape index (κ2) is 3.46. The van der Waals surface area contributed by atoms with Crippen molar-refractivity contribution in [1.82, 2.24) is 4.98 Å². The maximum Gasteiger partial charge on any atom is 0.0954 e. The Balaban J connectivity index is 2.84. The maximum absolute atomic E-state index is 5.86. The largest absolute Gasteiger partial charge is 0.398 e. The first-order valence-corrected chi connectivity index (χ1v) is 5.03. The first-order valence-electron chi connectivity index (χ1n) is 4.24. The van der Waals surface area contributed by atoms with Crippen molar-refractivity contribution in [2.45, 2.75) is 0 Å². The Bertz CT molecular complexity index is 482. The molecule has 0 aliphatic rings. The summed E-state index contributed by atoms with van der Waals surface area (Å²) in [5, 5.41) is 4.05. The van der Waals surface area contributed by atoms with E-state index >= 15 is 0 Å². The van der Waals surface area contributed by atoms with Gasteiger partial charge in [0.25, 0.3) is 0 Å². The van der Waals surface area contributed by atoms with Crippen LogP contribution in [-0.4, -0.2) is 12.0 Å². The molecule has 0 spiro atoms. The molecule has 0 saturated carbocycles. The molecule has 72 valence electrons. The van der Waals surface area contributed by atoms with Gasteiger partial charge >= 0.3 is 0 Å². The molecule has 3 nitrogen and oxygen atoms in total. The van der Waals surface area contributed by atoms with Gasteiger partial charge in [-0.15, -0.1) is 0 Å². The zero-order valence-corrected chi connectivity index (χ0v) is 9.30. The number of nitrogens with one attached hydrogen (secondary N) is 1. The van der Waals surface area contributed by atoms with Gasteiger partial charge in [-0.05, 0) is 34.1 Å². The molecule has 4 heteroatoms. The molecule has 0 aliphatic heterocycles. The summed E-state index contributed by atoms with van der Waals surface area (Å²) in [5.74, 6) is 0. The normalized spacial score (nSPS) is 10.4. The van der Waals surface area contributed by atoms with Crippen LogP contribution in [0.4, 0.5) is 11.4 Å². The summed E-state index contributed by atoms with van der Waals surface area (Å²) < 4.78 is 0.935. The molecule has 1 aromatic heterocycles. The van der Waals surface area contributed by atoms with Crippen LogP contribution in [0.3, 0.4) is 0 Å². The van der Waals surface area contributed by atoms with E-state index in [4.69, 9.17) is 5.73 Å². The Kier molecular flexibility index (Phi) is 2.29. The average Bonchev–Trinajstić information content (AvgIpc) is 2.19. The Morgan fingerprint density at radius 3 is 2.93 bits per heavy atom. The van der Waals surface area contributed by atoms with Crippen molar-refractivity contribution in [3.8, 4) is 0 Å². The van der Waals surface area contributed by atoms with Crippen LogP contribution < -0.4 is 11.1 Å². The van der Waals surface area contributed by atoms with E-state index in [-0.39, 0.29) is 0 Å². The van der Waals surface area contributed by atoms with Crippen LogP contribution in [0.1, 0.15) is 0 Å². The average molecular weight is 252 g/mol.